The van der Waals surface area contributed by atoms with Crippen molar-refractivity contribution in [2.24, 2.45) is 5.92 Å². The number of hydrogen-bond donors (Lipinski definition) is 3. The lowest BCUT2D eigenvalue weighted by Crippen LogP contribution is -2.41. The third-order valence-electron chi connectivity index (χ3n) is 5.94. The second-order valence-electron chi connectivity index (χ2n) is 9.32. The third-order valence-corrected chi connectivity index (χ3v) is 7.32. The maximum Gasteiger partial charge on any atom is 0.268 e. The molecule has 1 atom stereocenters. The van der Waals surface area contributed by atoms with E-state index in [2.05, 4.69) is 21.6 Å². The molecule has 1 aromatic carbocycles. The highest BCUT2D eigenvalue weighted by Crippen LogP contribution is 2.38. The number of hydrogen-bond acceptors (Lipinski definition) is 8. The molecular weight excluding hydrogens is 473 g/mol. The van der Waals surface area contributed by atoms with Crippen LogP contribution >= 0.6 is 0 Å². The van der Waals surface area contributed by atoms with Gasteiger partial charge in [-0.05, 0) is 62.6 Å². The SMILES string of the molecule is C[C@@H]1CN(c2nc(-c3cc(O)cc(F)c3)ccc2C(=O)NS(=O)(=O)c2cccnc2N)C(C)(C)C1. The van der Waals surface area contributed by atoms with Crippen LogP contribution in [0, 0.1) is 11.7 Å². The Labute approximate surface area is 202 Å². The van der Waals surface area contributed by atoms with Crippen molar-refractivity contribution in [3.63, 3.8) is 0 Å². The van der Waals surface area contributed by atoms with Crippen LogP contribution in [-0.4, -0.2) is 41.5 Å². The molecule has 0 saturated carbocycles. The molecule has 2 aromatic heterocycles. The molecule has 1 aliphatic heterocycles. The van der Waals surface area contributed by atoms with Crippen LogP contribution in [0.3, 0.4) is 0 Å². The summed E-state index contributed by atoms with van der Waals surface area (Å²) in [6.45, 7) is 6.67. The summed E-state index contributed by atoms with van der Waals surface area (Å²) in [5.41, 5.74) is 5.99. The zero-order valence-electron chi connectivity index (χ0n) is 19.5. The summed E-state index contributed by atoms with van der Waals surface area (Å²) in [7, 11) is -4.31. The van der Waals surface area contributed by atoms with Crippen molar-refractivity contribution in [1.29, 1.82) is 0 Å². The van der Waals surface area contributed by atoms with E-state index < -0.39 is 21.7 Å². The van der Waals surface area contributed by atoms with Crippen LogP contribution in [0.2, 0.25) is 0 Å². The van der Waals surface area contributed by atoms with Gasteiger partial charge in [0.1, 0.15) is 28.1 Å². The fourth-order valence-electron chi connectivity index (χ4n) is 4.54. The highest BCUT2D eigenvalue weighted by molar-refractivity contribution is 7.90. The molecule has 0 aliphatic carbocycles. The summed E-state index contributed by atoms with van der Waals surface area (Å²) in [6.07, 6.45) is 2.17. The second-order valence-corrected chi connectivity index (χ2v) is 11.0. The van der Waals surface area contributed by atoms with Crippen LogP contribution < -0.4 is 15.4 Å². The normalized spacial score (nSPS) is 17.4. The van der Waals surface area contributed by atoms with E-state index in [0.717, 1.165) is 12.5 Å². The predicted octanol–water partition coefficient (Wildman–Crippen LogP) is 3.31. The van der Waals surface area contributed by atoms with E-state index in [4.69, 9.17) is 5.73 Å². The molecule has 35 heavy (non-hydrogen) atoms. The number of nitrogens with one attached hydrogen (secondary N) is 1. The minimum absolute atomic E-state index is 0.0302. The number of sulfonamides is 1. The van der Waals surface area contributed by atoms with Crippen LogP contribution in [0.15, 0.2) is 53.6 Å². The molecule has 0 bridgehead atoms. The highest BCUT2D eigenvalue weighted by atomic mass is 32.2. The number of anilines is 2. The number of rotatable bonds is 5. The molecule has 1 aliphatic rings. The molecule has 0 radical (unpaired) electrons. The number of amides is 1. The smallest absolute Gasteiger partial charge is 0.268 e. The number of pyridine rings is 2. The number of phenols is 1. The number of carbonyl (C=O) groups excluding carboxylic acids is 1. The van der Waals surface area contributed by atoms with E-state index in [0.29, 0.717) is 23.7 Å². The van der Waals surface area contributed by atoms with Crippen molar-refractivity contribution >= 4 is 27.6 Å². The molecule has 4 rings (SSSR count). The monoisotopic (exact) mass is 499 g/mol. The number of halogens is 1. The van der Waals surface area contributed by atoms with Crippen LogP contribution in [0.5, 0.6) is 5.75 Å². The van der Waals surface area contributed by atoms with Crippen molar-refractivity contribution in [3.05, 3.63) is 60.0 Å². The summed E-state index contributed by atoms with van der Waals surface area (Å²) < 4.78 is 41.7. The molecule has 1 saturated heterocycles. The fourth-order valence-corrected chi connectivity index (χ4v) is 5.59. The maximum absolute atomic E-state index is 13.9. The van der Waals surface area contributed by atoms with Gasteiger partial charge in [-0.2, -0.15) is 0 Å². The van der Waals surface area contributed by atoms with E-state index in [1.54, 1.807) is 0 Å². The van der Waals surface area contributed by atoms with E-state index in [1.165, 1.54) is 42.6 Å². The average molecular weight is 500 g/mol. The summed E-state index contributed by atoms with van der Waals surface area (Å²) in [5.74, 6) is -1.47. The van der Waals surface area contributed by atoms with Crippen molar-refractivity contribution in [2.75, 3.05) is 17.2 Å². The molecule has 184 valence electrons. The van der Waals surface area contributed by atoms with Gasteiger partial charge in [0.2, 0.25) is 0 Å². The number of nitrogens with zero attached hydrogens (tertiary/aromatic N) is 3. The van der Waals surface area contributed by atoms with Crippen molar-refractivity contribution in [3.8, 4) is 17.0 Å². The average Bonchev–Trinajstić information content (AvgIpc) is 3.04. The molecule has 0 spiro atoms. The van der Waals surface area contributed by atoms with Crippen LogP contribution in [0.1, 0.15) is 37.6 Å². The van der Waals surface area contributed by atoms with Gasteiger partial charge in [0.05, 0.1) is 11.3 Å². The van der Waals surface area contributed by atoms with Gasteiger partial charge in [-0.3, -0.25) is 4.79 Å². The first kappa shape index (κ1) is 24.4. The molecule has 0 unspecified atom stereocenters. The zero-order valence-corrected chi connectivity index (χ0v) is 20.3. The largest absolute Gasteiger partial charge is 0.508 e. The molecular formula is C24H26FN5O4S. The van der Waals surface area contributed by atoms with Gasteiger partial charge in [0, 0.05) is 29.9 Å². The number of aromatic nitrogens is 2. The highest BCUT2D eigenvalue weighted by Gasteiger charge is 2.39. The first-order valence-corrected chi connectivity index (χ1v) is 12.4. The number of nitrogens with two attached hydrogens (primary N) is 1. The van der Waals surface area contributed by atoms with Gasteiger partial charge in [-0.25, -0.2) is 27.5 Å². The standard InChI is InChI=1S/C24H26FN5O4S/c1-14-12-24(2,3)30(13-14)22-18(6-7-19(28-22)15-9-16(25)11-17(31)10-15)23(32)29-35(33,34)20-5-4-8-27-21(20)26/h4-11,14,31H,12-13H2,1-3H3,(H2,26,27)(H,29,32)/t14-/m0/s1. The van der Waals surface area contributed by atoms with Crippen molar-refractivity contribution in [2.45, 2.75) is 37.6 Å². The Kier molecular flexibility index (Phi) is 6.14. The Hall–Kier alpha value is -3.73. The fraction of sp³-hybridized carbons (Fsp3) is 0.292. The van der Waals surface area contributed by atoms with Crippen LogP contribution in [0.4, 0.5) is 16.0 Å². The Morgan fingerprint density at radius 3 is 2.63 bits per heavy atom. The first-order valence-electron chi connectivity index (χ1n) is 10.9. The van der Waals surface area contributed by atoms with Gasteiger partial charge in [-0.15, -0.1) is 0 Å². The summed E-state index contributed by atoms with van der Waals surface area (Å²) in [4.78, 5) is 23.3. The predicted molar refractivity (Wildman–Crippen MR) is 130 cm³/mol. The summed E-state index contributed by atoms with van der Waals surface area (Å²) >= 11 is 0. The summed E-state index contributed by atoms with van der Waals surface area (Å²) in [5, 5.41) is 9.83. The second kappa shape index (κ2) is 8.81. The number of phenolic OH excluding ortho intramolecular Hbond substituents is 1. The Balaban J connectivity index is 1.80. The first-order chi connectivity index (χ1) is 16.4. The van der Waals surface area contributed by atoms with Gasteiger partial charge >= 0.3 is 0 Å². The van der Waals surface area contributed by atoms with E-state index in [1.807, 2.05) is 18.7 Å². The van der Waals surface area contributed by atoms with E-state index in [-0.39, 0.29) is 33.4 Å². The van der Waals surface area contributed by atoms with Gasteiger partial charge in [0.15, 0.2) is 0 Å². The Morgan fingerprint density at radius 2 is 2.00 bits per heavy atom. The minimum atomic E-state index is -4.31. The number of nitrogen functional groups attached to an aromatic ring is 1. The van der Waals surface area contributed by atoms with E-state index >= 15 is 0 Å². The number of carbonyl (C=O) groups is 1. The number of benzene rings is 1. The molecule has 11 heteroatoms. The topological polar surface area (TPSA) is 139 Å². The van der Waals surface area contributed by atoms with Gasteiger partial charge < -0.3 is 15.7 Å². The van der Waals surface area contributed by atoms with Gasteiger partial charge in [0.25, 0.3) is 15.9 Å². The molecule has 1 amide bonds. The molecule has 4 N–H and O–H groups in total. The lowest BCUT2D eigenvalue weighted by Gasteiger charge is -2.34. The van der Waals surface area contributed by atoms with Crippen LogP contribution in [-0.2, 0) is 10.0 Å². The van der Waals surface area contributed by atoms with Crippen LogP contribution in [0.25, 0.3) is 11.3 Å². The zero-order chi connectivity index (χ0) is 25.5. The van der Waals surface area contributed by atoms with Gasteiger partial charge in [-0.1, -0.05) is 6.92 Å². The summed E-state index contributed by atoms with van der Waals surface area (Å²) in [6, 6.07) is 9.13. The lowest BCUT2D eigenvalue weighted by atomic mass is 9.97. The maximum atomic E-state index is 13.9. The molecule has 3 aromatic rings. The lowest BCUT2D eigenvalue weighted by molar-refractivity contribution is 0.0981. The number of aromatic hydroxyl groups is 1. The Morgan fingerprint density at radius 1 is 1.26 bits per heavy atom. The molecule has 1 fully saturated rings. The Bertz CT molecular complexity index is 1390. The quantitative estimate of drug-likeness (QED) is 0.486. The molecule has 3 heterocycles. The van der Waals surface area contributed by atoms with Crippen molar-refractivity contribution < 1.29 is 22.7 Å². The third kappa shape index (κ3) is 4.90. The van der Waals surface area contributed by atoms with E-state index in [9.17, 15) is 22.7 Å². The molecule has 9 nitrogen and oxygen atoms in total. The minimum Gasteiger partial charge on any atom is -0.508 e. The van der Waals surface area contributed by atoms with Crippen molar-refractivity contribution in [1.82, 2.24) is 14.7 Å².